The number of likely N-dealkylation sites (N-methyl/N-ethyl adjacent to an activating group) is 1. The van der Waals surface area contributed by atoms with Crippen LogP contribution in [0.25, 0.3) is 0 Å². The van der Waals surface area contributed by atoms with Crippen molar-refractivity contribution in [1.82, 2.24) is 9.80 Å². The van der Waals surface area contributed by atoms with E-state index >= 15 is 0 Å². The molecule has 0 spiro atoms. The molecule has 1 aliphatic heterocycles. The predicted molar refractivity (Wildman–Crippen MR) is 83.5 cm³/mol. The third-order valence-electron chi connectivity index (χ3n) is 3.55. The van der Waals surface area contributed by atoms with Crippen molar-refractivity contribution in [3.05, 3.63) is 20.8 Å². The van der Waals surface area contributed by atoms with Crippen LogP contribution >= 0.6 is 27.3 Å². The van der Waals surface area contributed by atoms with E-state index < -0.39 is 0 Å². The number of thiophene rings is 1. The van der Waals surface area contributed by atoms with E-state index in [4.69, 9.17) is 5.73 Å². The van der Waals surface area contributed by atoms with Crippen LogP contribution < -0.4 is 5.73 Å². The molecule has 0 aromatic carbocycles. The van der Waals surface area contributed by atoms with Crippen LogP contribution in [0.3, 0.4) is 0 Å². The molecule has 3 atom stereocenters. The minimum absolute atomic E-state index is 0.207. The van der Waals surface area contributed by atoms with Gasteiger partial charge in [-0.25, -0.2) is 0 Å². The van der Waals surface area contributed by atoms with Gasteiger partial charge in [-0.15, -0.1) is 11.3 Å². The van der Waals surface area contributed by atoms with E-state index in [1.54, 1.807) is 11.3 Å². The van der Waals surface area contributed by atoms with Crippen molar-refractivity contribution in [3.8, 4) is 0 Å². The van der Waals surface area contributed by atoms with Gasteiger partial charge in [0.25, 0.3) is 0 Å². The lowest BCUT2D eigenvalue weighted by Gasteiger charge is -2.33. The Morgan fingerprint density at radius 2 is 2.37 bits per heavy atom. The van der Waals surface area contributed by atoms with Gasteiger partial charge in [0.05, 0.1) is 12.1 Å². The maximum atomic E-state index is 9.97. The van der Waals surface area contributed by atoms with Crippen LogP contribution in [0.2, 0.25) is 0 Å². The normalized spacial score (nSPS) is 26.2. The zero-order valence-corrected chi connectivity index (χ0v) is 13.8. The number of hydrogen-bond donors (Lipinski definition) is 2. The van der Waals surface area contributed by atoms with Crippen molar-refractivity contribution in [3.63, 3.8) is 0 Å². The fraction of sp³-hybridized carbons (Fsp3) is 0.692. The van der Waals surface area contributed by atoms with Gasteiger partial charge in [0, 0.05) is 40.4 Å². The van der Waals surface area contributed by atoms with Gasteiger partial charge in [0.15, 0.2) is 0 Å². The second-order valence-electron chi connectivity index (χ2n) is 5.42. The summed E-state index contributed by atoms with van der Waals surface area (Å²) in [5.74, 6) is 0. The molecule has 2 rings (SSSR count). The Kier molecular flexibility index (Phi) is 5.39. The van der Waals surface area contributed by atoms with Gasteiger partial charge in [0.2, 0.25) is 0 Å². The van der Waals surface area contributed by atoms with Crippen molar-refractivity contribution < 1.29 is 5.11 Å². The highest BCUT2D eigenvalue weighted by Crippen LogP contribution is 2.33. The molecule has 0 amide bonds. The van der Waals surface area contributed by atoms with Crippen LogP contribution in [0.1, 0.15) is 17.3 Å². The highest BCUT2D eigenvalue weighted by atomic mass is 79.9. The Labute approximate surface area is 127 Å². The van der Waals surface area contributed by atoms with Gasteiger partial charge < -0.3 is 15.7 Å². The third kappa shape index (κ3) is 3.77. The lowest BCUT2D eigenvalue weighted by molar-refractivity contribution is 0.140. The minimum Gasteiger partial charge on any atom is -0.392 e. The van der Waals surface area contributed by atoms with E-state index in [1.165, 1.54) is 4.88 Å². The first-order valence-corrected chi connectivity index (χ1v) is 8.21. The molecule has 0 bridgehead atoms. The van der Waals surface area contributed by atoms with Crippen LogP contribution in [0.15, 0.2) is 15.9 Å². The second kappa shape index (κ2) is 6.65. The zero-order chi connectivity index (χ0) is 14.0. The highest BCUT2D eigenvalue weighted by Gasteiger charge is 2.36. The number of aliphatic hydroxyl groups excluding tert-OH is 1. The fourth-order valence-corrected chi connectivity index (χ4v) is 4.40. The monoisotopic (exact) mass is 347 g/mol. The molecule has 3 unspecified atom stereocenters. The average Bonchev–Trinajstić information content (AvgIpc) is 2.87. The molecule has 0 radical (unpaired) electrons. The number of nitrogens with zero attached hydrogens (tertiary/aromatic N) is 2. The van der Waals surface area contributed by atoms with E-state index in [-0.39, 0.29) is 12.1 Å². The highest BCUT2D eigenvalue weighted by molar-refractivity contribution is 9.10. The Bertz CT molecular complexity index is 412. The predicted octanol–water partition coefficient (Wildman–Crippen LogP) is 1.51. The summed E-state index contributed by atoms with van der Waals surface area (Å²) >= 11 is 5.23. The van der Waals surface area contributed by atoms with Crippen molar-refractivity contribution >= 4 is 27.3 Å². The van der Waals surface area contributed by atoms with E-state index in [9.17, 15) is 5.11 Å². The quantitative estimate of drug-likeness (QED) is 0.847. The maximum Gasteiger partial charge on any atom is 0.0682 e. The largest absolute Gasteiger partial charge is 0.392 e. The van der Waals surface area contributed by atoms with E-state index in [0.29, 0.717) is 12.6 Å². The van der Waals surface area contributed by atoms with Crippen LogP contribution in [-0.2, 0) is 0 Å². The number of nitrogens with two attached hydrogens (primary N) is 1. The van der Waals surface area contributed by atoms with Crippen LogP contribution in [0, 0.1) is 0 Å². The Morgan fingerprint density at radius 3 is 2.89 bits per heavy atom. The Balaban J connectivity index is 2.16. The topological polar surface area (TPSA) is 52.7 Å². The molecule has 0 aliphatic carbocycles. The lowest BCUT2D eigenvalue weighted by atomic mass is 10.1. The smallest absolute Gasteiger partial charge is 0.0682 e. The summed E-state index contributed by atoms with van der Waals surface area (Å²) in [7, 11) is 4.14. The van der Waals surface area contributed by atoms with E-state index in [1.807, 2.05) is 0 Å². The number of β-amino-alcohol motifs (C(OH)–C–C–N with tert-alkyl or cyclic N) is 1. The number of rotatable bonds is 5. The van der Waals surface area contributed by atoms with Crippen LogP contribution in [0.5, 0.6) is 0 Å². The fourth-order valence-electron chi connectivity index (χ4n) is 2.82. The Hall–Kier alpha value is 0.0200. The second-order valence-corrected chi connectivity index (χ2v) is 7.28. The molecule has 1 fully saturated rings. The molecular weight excluding hydrogens is 326 g/mol. The summed E-state index contributed by atoms with van der Waals surface area (Å²) in [6.07, 6.45) is 0.601. The maximum absolute atomic E-state index is 9.97. The standard InChI is InChI=1S/C13H22BrN3OS/c1-16(2)6-10-4-11(18)7-17(10)12(5-15)13-3-9(14)8-19-13/h3,8,10-12,18H,4-7,15H2,1-2H3. The van der Waals surface area contributed by atoms with Crippen molar-refractivity contribution in [2.24, 2.45) is 5.73 Å². The summed E-state index contributed by atoms with van der Waals surface area (Å²) in [5, 5.41) is 12.1. The van der Waals surface area contributed by atoms with E-state index in [2.05, 4.69) is 51.3 Å². The van der Waals surface area contributed by atoms with Gasteiger partial charge in [-0.2, -0.15) is 0 Å². The van der Waals surface area contributed by atoms with Gasteiger partial charge >= 0.3 is 0 Å². The van der Waals surface area contributed by atoms with Crippen molar-refractivity contribution in [2.45, 2.75) is 24.6 Å². The lowest BCUT2D eigenvalue weighted by Crippen LogP contribution is -2.42. The first kappa shape index (κ1) is 15.4. The first-order chi connectivity index (χ1) is 9.01. The van der Waals surface area contributed by atoms with Gasteiger partial charge in [-0.3, -0.25) is 4.90 Å². The van der Waals surface area contributed by atoms with Crippen molar-refractivity contribution in [1.29, 1.82) is 0 Å². The molecule has 0 saturated carbocycles. The molecule has 108 valence electrons. The summed E-state index contributed by atoms with van der Waals surface area (Å²) in [4.78, 5) is 5.81. The van der Waals surface area contributed by atoms with Gasteiger partial charge in [0.1, 0.15) is 0 Å². The molecule has 1 saturated heterocycles. The van der Waals surface area contributed by atoms with E-state index in [0.717, 1.165) is 24.0 Å². The molecule has 19 heavy (non-hydrogen) atoms. The zero-order valence-electron chi connectivity index (χ0n) is 11.4. The SMILES string of the molecule is CN(C)CC1CC(O)CN1C(CN)c1cc(Br)cs1. The molecule has 3 N–H and O–H groups in total. The first-order valence-electron chi connectivity index (χ1n) is 6.53. The molecule has 1 aromatic heterocycles. The minimum atomic E-state index is -0.234. The third-order valence-corrected chi connectivity index (χ3v) is 5.35. The van der Waals surface area contributed by atoms with Gasteiger partial charge in [-0.05, 0) is 42.5 Å². The number of halogens is 1. The average molecular weight is 348 g/mol. The number of hydrogen-bond acceptors (Lipinski definition) is 5. The molecule has 4 nitrogen and oxygen atoms in total. The summed E-state index contributed by atoms with van der Waals surface area (Å²) in [6.45, 7) is 2.26. The molecule has 6 heteroatoms. The summed E-state index contributed by atoms with van der Waals surface area (Å²) in [6, 6.07) is 2.72. The molecule has 1 aromatic rings. The Morgan fingerprint density at radius 1 is 1.63 bits per heavy atom. The van der Waals surface area contributed by atoms with Gasteiger partial charge in [-0.1, -0.05) is 0 Å². The number of likely N-dealkylation sites (tertiary alicyclic amines) is 1. The van der Waals surface area contributed by atoms with Crippen LogP contribution in [-0.4, -0.2) is 60.8 Å². The number of aliphatic hydroxyl groups is 1. The van der Waals surface area contributed by atoms with Crippen LogP contribution in [0.4, 0.5) is 0 Å². The summed E-state index contributed by atoms with van der Waals surface area (Å²) in [5.41, 5.74) is 5.99. The summed E-state index contributed by atoms with van der Waals surface area (Å²) < 4.78 is 1.11. The molecular formula is C13H22BrN3OS. The molecule has 1 aliphatic rings. The molecule has 2 heterocycles. The van der Waals surface area contributed by atoms with Crippen molar-refractivity contribution in [2.75, 3.05) is 33.7 Å².